The van der Waals surface area contributed by atoms with Crippen LogP contribution in [0.1, 0.15) is 41.2 Å². The monoisotopic (exact) mass is 396 g/mol. The highest BCUT2D eigenvalue weighted by Crippen LogP contribution is 2.46. The number of hydrogen-bond acceptors (Lipinski definition) is 3. The first kappa shape index (κ1) is 19.6. The summed E-state index contributed by atoms with van der Waals surface area (Å²) in [6.07, 6.45) is 0.635. The third-order valence-corrected chi connectivity index (χ3v) is 6.41. The molecular formula is C23H25FN2O3. The van der Waals surface area contributed by atoms with E-state index in [4.69, 9.17) is 0 Å². The summed E-state index contributed by atoms with van der Waals surface area (Å²) in [5.41, 5.74) is 0.295. The fourth-order valence-corrected chi connectivity index (χ4v) is 4.81. The molecule has 0 bridgehead atoms. The molecule has 2 aromatic rings. The van der Waals surface area contributed by atoms with Crippen molar-refractivity contribution in [1.82, 2.24) is 9.80 Å². The Labute approximate surface area is 169 Å². The van der Waals surface area contributed by atoms with Gasteiger partial charge in [0.05, 0.1) is 23.1 Å². The van der Waals surface area contributed by atoms with Crippen LogP contribution in [-0.4, -0.2) is 53.0 Å². The number of carbonyl (C=O) groups is 2. The van der Waals surface area contributed by atoms with Gasteiger partial charge in [-0.15, -0.1) is 0 Å². The molecule has 0 saturated carbocycles. The Balaban J connectivity index is 1.49. The summed E-state index contributed by atoms with van der Waals surface area (Å²) in [6, 6.07) is 15.1. The van der Waals surface area contributed by atoms with E-state index in [-0.39, 0.29) is 23.4 Å². The summed E-state index contributed by atoms with van der Waals surface area (Å²) in [7, 11) is 1.74. The van der Waals surface area contributed by atoms with Crippen LogP contribution >= 0.6 is 0 Å². The number of carbonyl (C=O) groups excluding carboxylic acids is 2. The van der Waals surface area contributed by atoms with Crippen LogP contribution in [0.4, 0.5) is 4.39 Å². The predicted octanol–water partition coefficient (Wildman–Crippen LogP) is 3.01. The van der Waals surface area contributed by atoms with Crippen LogP contribution in [0.3, 0.4) is 0 Å². The number of nitrogens with zero attached hydrogens (tertiary/aromatic N) is 2. The van der Waals surface area contributed by atoms with Crippen molar-refractivity contribution in [3.05, 3.63) is 71.5 Å². The molecule has 6 heteroatoms. The van der Waals surface area contributed by atoms with Crippen molar-refractivity contribution < 1.29 is 19.1 Å². The predicted molar refractivity (Wildman–Crippen MR) is 107 cm³/mol. The van der Waals surface area contributed by atoms with Crippen molar-refractivity contribution >= 4 is 11.8 Å². The molecule has 2 amide bonds. The van der Waals surface area contributed by atoms with E-state index in [1.165, 1.54) is 12.1 Å². The molecule has 0 unspecified atom stereocenters. The van der Waals surface area contributed by atoms with Gasteiger partial charge in [-0.05, 0) is 37.0 Å². The number of hydrogen-bond donors (Lipinski definition) is 1. The summed E-state index contributed by atoms with van der Waals surface area (Å²) >= 11 is 0. The zero-order chi connectivity index (χ0) is 20.6. The first-order valence-electron chi connectivity index (χ1n) is 9.97. The normalized spacial score (nSPS) is 24.0. The molecule has 2 saturated heterocycles. The Hall–Kier alpha value is -2.73. The lowest BCUT2D eigenvalue weighted by molar-refractivity contribution is -0.161. The molecule has 4 rings (SSSR count). The SMILES string of the molecule is CN1C(=O)C2(CCN(C(=O)c3ccccc3F)CC2)C[C@@H](O)[C@@H]1c1ccccc1. The summed E-state index contributed by atoms with van der Waals surface area (Å²) < 4.78 is 14.0. The van der Waals surface area contributed by atoms with E-state index in [9.17, 15) is 19.1 Å². The number of aliphatic hydroxyl groups is 1. The summed E-state index contributed by atoms with van der Waals surface area (Å²) in [6.45, 7) is 0.741. The molecule has 2 fully saturated rings. The third kappa shape index (κ3) is 3.42. The van der Waals surface area contributed by atoms with Crippen molar-refractivity contribution in [1.29, 1.82) is 0 Å². The number of halogens is 1. The summed E-state index contributed by atoms with van der Waals surface area (Å²) in [4.78, 5) is 29.2. The van der Waals surface area contributed by atoms with Crippen LogP contribution in [0, 0.1) is 11.2 Å². The second kappa shape index (κ2) is 7.59. The van der Waals surface area contributed by atoms with Gasteiger partial charge < -0.3 is 14.9 Å². The number of piperidine rings is 2. The van der Waals surface area contributed by atoms with Gasteiger partial charge in [0.15, 0.2) is 0 Å². The molecule has 2 aromatic carbocycles. The fraction of sp³-hybridized carbons (Fsp3) is 0.391. The number of rotatable bonds is 2. The first-order chi connectivity index (χ1) is 13.9. The quantitative estimate of drug-likeness (QED) is 0.849. The molecule has 152 valence electrons. The Morgan fingerprint density at radius 2 is 1.69 bits per heavy atom. The van der Waals surface area contributed by atoms with Gasteiger partial charge in [-0.1, -0.05) is 42.5 Å². The molecule has 2 atom stereocenters. The molecule has 1 spiro atoms. The topological polar surface area (TPSA) is 60.9 Å². The van der Waals surface area contributed by atoms with E-state index in [0.29, 0.717) is 32.4 Å². The fourth-order valence-electron chi connectivity index (χ4n) is 4.81. The first-order valence-corrected chi connectivity index (χ1v) is 9.97. The molecule has 5 nitrogen and oxygen atoms in total. The summed E-state index contributed by atoms with van der Waals surface area (Å²) in [5, 5.41) is 10.9. The molecule has 1 N–H and O–H groups in total. The number of likely N-dealkylation sites (tertiary alicyclic amines) is 2. The number of benzene rings is 2. The minimum absolute atomic E-state index is 0.00893. The maximum Gasteiger partial charge on any atom is 0.256 e. The average molecular weight is 396 g/mol. The van der Waals surface area contributed by atoms with Crippen molar-refractivity contribution in [3.8, 4) is 0 Å². The minimum Gasteiger partial charge on any atom is -0.391 e. The highest BCUT2D eigenvalue weighted by Gasteiger charge is 2.51. The Kier molecular flexibility index (Phi) is 5.13. The molecule has 29 heavy (non-hydrogen) atoms. The van der Waals surface area contributed by atoms with Gasteiger partial charge >= 0.3 is 0 Å². The van der Waals surface area contributed by atoms with Gasteiger partial charge in [-0.2, -0.15) is 0 Å². The van der Waals surface area contributed by atoms with Gasteiger partial charge in [0.25, 0.3) is 5.91 Å². The average Bonchev–Trinajstić information content (AvgIpc) is 2.73. The van der Waals surface area contributed by atoms with Crippen molar-refractivity contribution in [2.75, 3.05) is 20.1 Å². The lowest BCUT2D eigenvalue weighted by Gasteiger charge is -2.50. The molecule has 2 aliphatic rings. The lowest BCUT2D eigenvalue weighted by Crippen LogP contribution is -2.58. The van der Waals surface area contributed by atoms with Crippen LogP contribution in [-0.2, 0) is 4.79 Å². The van der Waals surface area contributed by atoms with E-state index in [2.05, 4.69) is 0 Å². The Morgan fingerprint density at radius 3 is 2.34 bits per heavy atom. The maximum atomic E-state index is 14.0. The van der Waals surface area contributed by atoms with E-state index >= 15 is 0 Å². The largest absolute Gasteiger partial charge is 0.391 e. The maximum absolute atomic E-state index is 14.0. The smallest absolute Gasteiger partial charge is 0.256 e. The lowest BCUT2D eigenvalue weighted by atomic mass is 9.68. The van der Waals surface area contributed by atoms with E-state index < -0.39 is 17.3 Å². The molecule has 2 heterocycles. The van der Waals surface area contributed by atoms with E-state index in [0.717, 1.165) is 5.56 Å². The molecule has 0 aliphatic carbocycles. The van der Waals surface area contributed by atoms with Crippen LogP contribution in [0.2, 0.25) is 0 Å². The number of amides is 2. The highest BCUT2D eigenvalue weighted by molar-refractivity contribution is 5.94. The number of likely N-dealkylation sites (N-methyl/N-ethyl adjacent to an activating group) is 1. The van der Waals surface area contributed by atoms with Crippen LogP contribution < -0.4 is 0 Å². The van der Waals surface area contributed by atoms with Crippen molar-refractivity contribution in [2.24, 2.45) is 5.41 Å². The standard InChI is InChI=1S/C23H25FN2O3/c1-25-20(16-7-3-2-4-8-16)19(27)15-23(22(25)29)11-13-26(14-12-23)21(28)17-9-5-6-10-18(17)24/h2-10,19-20,27H,11-15H2,1H3/t19-,20+/m1/s1. The van der Waals surface area contributed by atoms with Crippen LogP contribution in [0.5, 0.6) is 0 Å². The molecule has 2 aliphatic heterocycles. The third-order valence-electron chi connectivity index (χ3n) is 6.41. The molecule has 0 radical (unpaired) electrons. The van der Waals surface area contributed by atoms with Crippen LogP contribution in [0.15, 0.2) is 54.6 Å². The van der Waals surface area contributed by atoms with Gasteiger partial charge in [0, 0.05) is 20.1 Å². The van der Waals surface area contributed by atoms with Gasteiger partial charge in [-0.25, -0.2) is 4.39 Å². The van der Waals surface area contributed by atoms with Gasteiger partial charge in [0.2, 0.25) is 5.91 Å². The molecule has 0 aromatic heterocycles. The van der Waals surface area contributed by atoms with Crippen LogP contribution in [0.25, 0.3) is 0 Å². The highest BCUT2D eigenvalue weighted by atomic mass is 19.1. The minimum atomic E-state index is -0.675. The number of aliphatic hydroxyl groups excluding tert-OH is 1. The van der Waals surface area contributed by atoms with E-state index in [1.54, 1.807) is 29.0 Å². The van der Waals surface area contributed by atoms with Gasteiger partial charge in [0.1, 0.15) is 5.82 Å². The van der Waals surface area contributed by atoms with Crippen molar-refractivity contribution in [2.45, 2.75) is 31.4 Å². The second-order valence-electron chi connectivity index (χ2n) is 8.10. The zero-order valence-corrected chi connectivity index (χ0v) is 16.4. The van der Waals surface area contributed by atoms with E-state index in [1.807, 2.05) is 30.3 Å². The van der Waals surface area contributed by atoms with Gasteiger partial charge in [-0.3, -0.25) is 9.59 Å². The second-order valence-corrected chi connectivity index (χ2v) is 8.10. The molecular weight excluding hydrogens is 371 g/mol. The zero-order valence-electron chi connectivity index (χ0n) is 16.4. The Bertz CT molecular complexity index is 909. The summed E-state index contributed by atoms with van der Waals surface area (Å²) in [5.74, 6) is -0.876. The Morgan fingerprint density at radius 1 is 1.07 bits per heavy atom. The van der Waals surface area contributed by atoms with Crippen molar-refractivity contribution in [3.63, 3.8) is 0 Å².